The van der Waals surface area contributed by atoms with Gasteiger partial charge < -0.3 is 15.4 Å². The van der Waals surface area contributed by atoms with Gasteiger partial charge in [-0.3, -0.25) is 0 Å². The second kappa shape index (κ2) is 12.3. The van der Waals surface area contributed by atoms with Gasteiger partial charge in [0.25, 0.3) is 0 Å². The first kappa shape index (κ1) is 19.6. The number of nitrogens with two attached hydrogens (primary N) is 1. The molecule has 0 aliphatic heterocycles. The van der Waals surface area contributed by atoms with E-state index in [1.165, 1.54) is 0 Å². The number of anilines is 2. The lowest BCUT2D eigenvalue weighted by Gasteiger charge is -2.24. The minimum atomic E-state index is 0.529. The Morgan fingerprint density at radius 3 is 2.19 bits per heavy atom. The molecule has 0 spiro atoms. The summed E-state index contributed by atoms with van der Waals surface area (Å²) in [5.41, 5.74) is 6.99. The van der Waals surface area contributed by atoms with Crippen molar-refractivity contribution in [3.63, 3.8) is 0 Å². The maximum absolute atomic E-state index is 5.88. The smallest absolute Gasteiger partial charge is 0.217 e. The van der Waals surface area contributed by atoms with Gasteiger partial charge in [0.1, 0.15) is 5.82 Å². The molecular weight excluding hydrogens is 262 g/mol. The van der Waals surface area contributed by atoms with Crippen LogP contribution in [0.3, 0.4) is 0 Å². The molecule has 0 aromatic carbocycles. The second-order valence-electron chi connectivity index (χ2n) is 4.78. The van der Waals surface area contributed by atoms with E-state index in [4.69, 9.17) is 10.5 Å². The molecule has 0 saturated heterocycles. The van der Waals surface area contributed by atoms with Crippen LogP contribution in [0.2, 0.25) is 0 Å². The maximum Gasteiger partial charge on any atom is 0.217 e. The zero-order valence-corrected chi connectivity index (χ0v) is 14.5. The van der Waals surface area contributed by atoms with Gasteiger partial charge in [0.15, 0.2) is 0 Å². The molecule has 1 rings (SSSR count). The van der Waals surface area contributed by atoms with E-state index >= 15 is 0 Å². The lowest BCUT2D eigenvalue weighted by molar-refractivity contribution is 0.298. The van der Waals surface area contributed by atoms with Gasteiger partial charge in [0.2, 0.25) is 5.88 Å². The molecule has 0 bridgehead atoms. The van der Waals surface area contributed by atoms with Gasteiger partial charge in [-0.15, -0.1) is 0 Å². The topological polar surface area (TPSA) is 51.4 Å². The van der Waals surface area contributed by atoms with E-state index in [0.29, 0.717) is 18.3 Å². The molecular formula is C17H33N3O. The van der Waals surface area contributed by atoms with Gasteiger partial charge in [-0.05, 0) is 19.3 Å². The van der Waals surface area contributed by atoms with Gasteiger partial charge in [-0.25, -0.2) is 0 Å². The van der Waals surface area contributed by atoms with Crippen LogP contribution in [0.15, 0.2) is 12.1 Å². The standard InChI is InChI=1S/C15H27N3O.C2H6/c1-4-7-10-19-15-12-13(11-14(16)17-15)18(8-5-2)9-6-3;1-2/h11-12H,4-10H2,1-3H3,(H2,16,17);1-2H3. The van der Waals surface area contributed by atoms with Crippen molar-refractivity contribution in [3.8, 4) is 5.88 Å². The van der Waals surface area contributed by atoms with Crippen molar-refractivity contribution in [2.45, 2.75) is 60.3 Å². The van der Waals surface area contributed by atoms with Crippen LogP contribution in [-0.2, 0) is 0 Å². The summed E-state index contributed by atoms with van der Waals surface area (Å²) in [4.78, 5) is 6.58. The number of hydrogen-bond acceptors (Lipinski definition) is 4. The van der Waals surface area contributed by atoms with Crippen LogP contribution >= 0.6 is 0 Å². The molecule has 0 atom stereocenters. The van der Waals surface area contributed by atoms with Gasteiger partial charge in [0, 0.05) is 30.9 Å². The van der Waals surface area contributed by atoms with Crippen LogP contribution in [0.25, 0.3) is 0 Å². The number of hydrogen-bond donors (Lipinski definition) is 1. The summed E-state index contributed by atoms with van der Waals surface area (Å²) in [7, 11) is 0. The number of nitrogens with zero attached hydrogens (tertiary/aromatic N) is 2. The van der Waals surface area contributed by atoms with Crippen molar-refractivity contribution in [2.24, 2.45) is 0 Å². The number of pyridine rings is 1. The Bertz CT molecular complexity index is 363. The highest BCUT2D eigenvalue weighted by atomic mass is 16.5. The van der Waals surface area contributed by atoms with Gasteiger partial charge in [-0.2, -0.15) is 4.98 Å². The number of nitrogen functional groups attached to an aromatic ring is 1. The molecule has 0 radical (unpaired) electrons. The lowest BCUT2D eigenvalue weighted by atomic mass is 10.3. The molecule has 0 amide bonds. The maximum atomic E-state index is 5.88. The Morgan fingerprint density at radius 1 is 1.05 bits per heavy atom. The van der Waals surface area contributed by atoms with Gasteiger partial charge in [-0.1, -0.05) is 41.0 Å². The second-order valence-corrected chi connectivity index (χ2v) is 4.78. The van der Waals surface area contributed by atoms with Crippen LogP contribution in [0.4, 0.5) is 11.5 Å². The summed E-state index contributed by atoms with van der Waals surface area (Å²) < 4.78 is 5.66. The third-order valence-electron chi connectivity index (χ3n) is 2.91. The minimum absolute atomic E-state index is 0.529. The molecule has 4 nitrogen and oxygen atoms in total. The van der Waals surface area contributed by atoms with Crippen molar-refractivity contribution in [2.75, 3.05) is 30.3 Å². The first-order chi connectivity index (χ1) is 10.2. The van der Waals surface area contributed by atoms with Crippen LogP contribution < -0.4 is 15.4 Å². The van der Waals surface area contributed by atoms with Crippen molar-refractivity contribution >= 4 is 11.5 Å². The molecule has 1 aromatic heterocycles. The molecule has 1 aromatic rings. The first-order valence-corrected chi connectivity index (χ1v) is 8.36. The van der Waals surface area contributed by atoms with Crippen LogP contribution in [0, 0.1) is 0 Å². The summed E-state index contributed by atoms with van der Waals surface area (Å²) >= 11 is 0. The average molecular weight is 295 g/mol. The molecule has 0 unspecified atom stereocenters. The fourth-order valence-electron chi connectivity index (χ4n) is 2.00. The van der Waals surface area contributed by atoms with Crippen LogP contribution in [-0.4, -0.2) is 24.7 Å². The van der Waals surface area contributed by atoms with Crippen molar-refractivity contribution in [3.05, 3.63) is 12.1 Å². The van der Waals surface area contributed by atoms with Crippen molar-refractivity contribution in [1.29, 1.82) is 0 Å². The molecule has 21 heavy (non-hydrogen) atoms. The highest BCUT2D eigenvalue weighted by Gasteiger charge is 2.08. The molecule has 2 N–H and O–H groups in total. The molecule has 1 heterocycles. The Labute approximate surface area is 130 Å². The highest BCUT2D eigenvalue weighted by molar-refractivity contribution is 5.55. The molecule has 0 aliphatic rings. The predicted molar refractivity (Wildman–Crippen MR) is 93.2 cm³/mol. The van der Waals surface area contributed by atoms with E-state index in [9.17, 15) is 0 Å². The van der Waals surface area contributed by atoms with Crippen molar-refractivity contribution < 1.29 is 4.74 Å². The zero-order valence-electron chi connectivity index (χ0n) is 14.5. The number of rotatable bonds is 9. The quantitative estimate of drug-likeness (QED) is 0.682. The third kappa shape index (κ3) is 7.78. The SMILES string of the molecule is CC.CCCCOc1cc(N(CCC)CCC)cc(N)n1. The largest absolute Gasteiger partial charge is 0.478 e. The van der Waals surface area contributed by atoms with Crippen LogP contribution in [0.5, 0.6) is 5.88 Å². The Balaban J connectivity index is 0.00000191. The summed E-state index contributed by atoms with van der Waals surface area (Å²) in [6.07, 6.45) is 4.40. The number of unbranched alkanes of at least 4 members (excludes halogenated alkanes) is 1. The van der Waals surface area contributed by atoms with E-state index in [0.717, 1.165) is 44.5 Å². The monoisotopic (exact) mass is 295 g/mol. The Morgan fingerprint density at radius 2 is 1.67 bits per heavy atom. The Kier molecular flexibility index (Phi) is 11.5. The molecule has 0 saturated carbocycles. The van der Waals surface area contributed by atoms with E-state index in [2.05, 4.69) is 30.7 Å². The highest BCUT2D eigenvalue weighted by Crippen LogP contribution is 2.23. The zero-order chi connectivity index (χ0) is 16.1. The van der Waals surface area contributed by atoms with E-state index in [1.807, 2.05) is 26.0 Å². The molecule has 0 aliphatic carbocycles. The molecule has 4 heteroatoms. The lowest BCUT2D eigenvalue weighted by Crippen LogP contribution is -2.25. The van der Waals surface area contributed by atoms with E-state index < -0.39 is 0 Å². The molecule has 122 valence electrons. The van der Waals surface area contributed by atoms with Crippen molar-refractivity contribution in [1.82, 2.24) is 4.98 Å². The average Bonchev–Trinajstić information content (AvgIpc) is 2.49. The summed E-state index contributed by atoms with van der Waals surface area (Å²) in [6, 6.07) is 3.93. The van der Waals surface area contributed by atoms with Gasteiger partial charge in [0.05, 0.1) is 6.61 Å². The number of ether oxygens (including phenoxy) is 1. The van der Waals surface area contributed by atoms with Gasteiger partial charge >= 0.3 is 0 Å². The number of aromatic nitrogens is 1. The fraction of sp³-hybridized carbons (Fsp3) is 0.706. The summed E-state index contributed by atoms with van der Waals surface area (Å²) in [6.45, 7) is 13.3. The van der Waals surface area contributed by atoms with E-state index in [-0.39, 0.29) is 0 Å². The first-order valence-electron chi connectivity index (χ1n) is 8.36. The van der Waals surface area contributed by atoms with E-state index in [1.54, 1.807) is 0 Å². The molecule has 0 fully saturated rings. The van der Waals surface area contributed by atoms with Crippen LogP contribution in [0.1, 0.15) is 60.3 Å². The summed E-state index contributed by atoms with van der Waals surface area (Å²) in [5.74, 6) is 1.17. The summed E-state index contributed by atoms with van der Waals surface area (Å²) in [5, 5.41) is 0. The fourth-order valence-corrected chi connectivity index (χ4v) is 2.00. The normalized spacial score (nSPS) is 9.76. The predicted octanol–water partition coefficient (Wildman–Crippen LogP) is 4.50. The minimum Gasteiger partial charge on any atom is -0.478 e. The third-order valence-corrected chi connectivity index (χ3v) is 2.91. The Hall–Kier alpha value is -1.45.